The van der Waals surface area contributed by atoms with Crippen LogP contribution in [0.5, 0.6) is 0 Å². The minimum Gasteiger partial charge on any atom is -0.346 e. The molecule has 1 spiro atoms. The molecule has 2 N–H and O–H groups in total. The first-order chi connectivity index (χ1) is 13.5. The van der Waals surface area contributed by atoms with Gasteiger partial charge in [0.1, 0.15) is 5.65 Å². The summed E-state index contributed by atoms with van der Waals surface area (Å²) in [5, 5.41) is 9.00. The number of hydrogen-bond donors (Lipinski definition) is 2. The first kappa shape index (κ1) is 17.3. The molecule has 146 valence electrons. The lowest BCUT2D eigenvalue weighted by molar-refractivity contribution is 0.0909. The number of amides is 2. The summed E-state index contributed by atoms with van der Waals surface area (Å²) < 4.78 is 2.12. The van der Waals surface area contributed by atoms with Crippen molar-refractivity contribution in [2.75, 3.05) is 13.1 Å². The molecule has 0 atom stereocenters. The van der Waals surface area contributed by atoms with E-state index in [9.17, 15) is 4.79 Å². The van der Waals surface area contributed by atoms with Gasteiger partial charge in [0.15, 0.2) is 0 Å². The van der Waals surface area contributed by atoms with Gasteiger partial charge < -0.3 is 15.2 Å². The molecule has 2 aliphatic rings. The van der Waals surface area contributed by atoms with Gasteiger partial charge in [-0.2, -0.15) is 5.10 Å². The number of aryl methyl sites for hydroxylation is 2. The van der Waals surface area contributed by atoms with Crippen LogP contribution in [0.1, 0.15) is 38.4 Å². The van der Waals surface area contributed by atoms with Crippen LogP contribution in [0.3, 0.4) is 0 Å². The minimum absolute atomic E-state index is 0.0352. The van der Waals surface area contributed by atoms with Crippen molar-refractivity contribution >= 4 is 17.1 Å². The highest BCUT2D eigenvalue weighted by Crippen LogP contribution is 2.43. The molecule has 0 bridgehead atoms. The summed E-state index contributed by atoms with van der Waals surface area (Å²) in [7, 11) is 0. The zero-order chi connectivity index (χ0) is 19.5. The van der Waals surface area contributed by atoms with Crippen molar-refractivity contribution in [3.05, 3.63) is 35.8 Å². The van der Waals surface area contributed by atoms with Crippen molar-refractivity contribution in [2.24, 2.45) is 0 Å². The zero-order valence-corrected chi connectivity index (χ0v) is 16.6. The Morgan fingerprint density at radius 2 is 2.18 bits per heavy atom. The Morgan fingerprint density at radius 3 is 2.93 bits per heavy atom. The van der Waals surface area contributed by atoms with Gasteiger partial charge in [-0.1, -0.05) is 6.92 Å². The van der Waals surface area contributed by atoms with E-state index in [0.29, 0.717) is 0 Å². The summed E-state index contributed by atoms with van der Waals surface area (Å²) in [6.07, 6.45) is 5.96. The molecule has 5 rings (SSSR count). The van der Waals surface area contributed by atoms with Crippen molar-refractivity contribution in [1.29, 1.82) is 0 Å². The topological polar surface area (TPSA) is 78.8 Å². The summed E-state index contributed by atoms with van der Waals surface area (Å²) in [5.41, 5.74) is 5.53. The summed E-state index contributed by atoms with van der Waals surface area (Å²) in [6.45, 7) is 8.59. The fourth-order valence-corrected chi connectivity index (χ4v) is 4.58. The van der Waals surface area contributed by atoms with Gasteiger partial charge in [-0.25, -0.2) is 9.78 Å². The monoisotopic (exact) mass is 378 g/mol. The Hall–Kier alpha value is -2.83. The van der Waals surface area contributed by atoms with Crippen LogP contribution in [-0.2, 0) is 18.4 Å². The van der Waals surface area contributed by atoms with E-state index < -0.39 is 0 Å². The number of rotatable bonds is 3. The van der Waals surface area contributed by atoms with E-state index in [1.807, 2.05) is 31.1 Å². The molecule has 3 aromatic rings. The van der Waals surface area contributed by atoms with Crippen molar-refractivity contribution in [2.45, 2.75) is 51.6 Å². The molecule has 28 heavy (non-hydrogen) atoms. The Bertz CT molecular complexity index is 1060. The summed E-state index contributed by atoms with van der Waals surface area (Å²) in [4.78, 5) is 22.0. The van der Waals surface area contributed by atoms with Crippen LogP contribution < -0.4 is 5.32 Å². The highest BCUT2D eigenvalue weighted by molar-refractivity contribution is 5.84. The average Bonchev–Trinajstić information content (AvgIpc) is 3.31. The molecule has 0 unspecified atom stereocenters. The maximum Gasteiger partial charge on any atom is 0.317 e. The Morgan fingerprint density at radius 1 is 1.36 bits per heavy atom. The predicted molar refractivity (Wildman–Crippen MR) is 108 cm³/mol. The molecular weight excluding hydrogens is 352 g/mol. The standard InChI is InChI=1S/C21H26N6O/c1-4-14-9-22-19-16(14)7-15(10-23-19)17-8-18-21(5-6-27(18)25-17)11-26(12-21)20(28)24-13(2)3/h7-10,13H,4-6,11-12H2,1-3H3,(H,22,23)(H,24,28). The number of carbonyl (C=O) groups is 1. The fraction of sp³-hybridized carbons (Fsp3) is 0.476. The number of carbonyl (C=O) groups excluding carboxylic acids is 1. The van der Waals surface area contributed by atoms with Gasteiger partial charge in [0.05, 0.1) is 5.69 Å². The van der Waals surface area contributed by atoms with Gasteiger partial charge in [0, 0.05) is 60.1 Å². The third-order valence-electron chi connectivity index (χ3n) is 6.11. The van der Waals surface area contributed by atoms with Gasteiger partial charge >= 0.3 is 6.03 Å². The molecule has 1 fully saturated rings. The van der Waals surface area contributed by atoms with Gasteiger partial charge in [0.2, 0.25) is 0 Å². The molecule has 5 heterocycles. The maximum atomic E-state index is 12.3. The van der Waals surface area contributed by atoms with Crippen molar-refractivity contribution in [3.63, 3.8) is 0 Å². The highest BCUT2D eigenvalue weighted by atomic mass is 16.2. The maximum absolute atomic E-state index is 12.3. The lowest BCUT2D eigenvalue weighted by Crippen LogP contribution is -2.63. The van der Waals surface area contributed by atoms with Crippen LogP contribution in [0.15, 0.2) is 24.5 Å². The number of aromatic nitrogens is 4. The summed E-state index contributed by atoms with van der Waals surface area (Å²) >= 11 is 0. The predicted octanol–water partition coefficient (Wildman–Crippen LogP) is 3.06. The molecule has 0 saturated carbocycles. The van der Waals surface area contributed by atoms with Crippen molar-refractivity contribution in [3.8, 4) is 11.3 Å². The highest BCUT2D eigenvalue weighted by Gasteiger charge is 2.51. The molecule has 0 aromatic carbocycles. The number of nitrogens with one attached hydrogen (secondary N) is 2. The van der Waals surface area contributed by atoms with Crippen molar-refractivity contribution < 1.29 is 4.79 Å². The Kier molecular flexibility index (Phi) is 3.76. The van der Waals surface area contributed by atoms with E-state index in [0.717, 1.165) is 49.4 Å². The number of aromatic amines is 1. The number of nitrogens with zero attached hydrogens (tertiary/aromatic N) is 4. The van der Waals surface area contributed by atoms with Crippen molar-refractivity contribution in [1.82, 2.24) is 30.0 Å². The Labute approximate surface area is 164 Å². The summed E-state index contributed by atoms with van der Waals surface area (Å²) in [5.74, 6) is 0. The van der Waals surface area contributed by atoms with E-state index in [-0.39, 0.29) is 17.5 Å². The first-order valence-electron chi connectivity index (χ1n) is 10.1. The second kappa shape index (κ2) is 6.09. The van der Waals surface area contributed by atoms with Gasteiger partial charge in [-0.05, 0) is 44.4 Å². The largest absolute Gasteiger partial charge is 0.346 e. The molecular formula is C21H26N6O. The number of pyridine rings is 1. The summed E-state index contributed by atoms with van der Waals surface area (Å²) in [6, 6.07) is 4.58. The second-order valence-corrected chi connectivity index (χ2v) is 8.42. The van der Waals surface area contributed by atoms with E-state index >= 15 is 0 Å². The molecule has 0 aliphatic carbocycles. The van der Waals surface area contributed by atoms with Gasteiger partial charge in [-0.15, -0.1) is 0 Å². The number of hydrogen-bond acceptors (Lipinski definition) is 3. The molecule has 2 aliphatic heterocycles. The number of H-pyrrole nitrogens is 1. The number of urea groups is 1. The quantitative estimate of drug-likeness (QED) is 0.735. The molecule has 2 amide bonds. The van der Waals surface area contributed by atoms with Crippen LogP contribution in [0, 0.1) is 0 Å². The second-order valence-electron chi connectivity index (χ2n) is 8.42. The van der Waals surface area contributed by atoms with Crippen LogP contribution in [-0.4, -0.2) is 49.8 Å². The van der Waals surface area contributed by atoms with Crippen LogP contribution in [0.2, 0.25) is 0 Å². The average molecular weight is 378 g/mol. The van der Waals surface area contributed by atoms with Gasteiger partial charge in [-0.3, -0.25) is 4.68 Å². The third-order valence-corrected chi connectivity index (χ3v) is 6.11. The molecule has 7 nitrogen and oxygen atoms in total. The Balaban J connectivity index is 1.41. The smallest absolute Gasteiger partial charge is 0.317 e. The lowest BCUT2D eigenvalue weighted by Gasteiger charge is -2.47. The van der Waals surface area contributed by atoms with Crippen LogP contribution in [0.4, 0.5) is 4.79 Å². The van der Waals surface area contributed by atoms with Crippen LogP contribution in [0.25, 0.3) is 22.3 Å². The third kappa shape index (κ3) is 2.52. The fourth-order valence-electron chi connectivity index (χ4n) is 4.58. The normalized spacial score (nSPS) is 17.4. The van der Waals surface area contributed by atoms with E-state index in [4.69, 9.17) is 5.10 Å². The number of likely N-dealkylation sites (tertiary alicyclic amines) is 1. The number of fused-ring (bicyclic) bond motifs is 3. The molecule has 0 radical (unpaired) electrons. The van der Waals surface area contributed by atoms with E-state index in [2.05, 4.69) is 39.0 Å². The van der Waals surface area contributed by atoms with E-state index in [1.54, 1.807) is 0 Å². The minimum atomic E-state index is 0.0352. The van der Waals surface area contributed by atoms with E-state index in [1.165, 1.54) is 16.6 Å². The molecule has 7 heteroatoms. The lowest BCUT2D eigenvalue weighted by atomic mass is 9.76. The van der Waals surface area contributed by atoms with Crippen LogP contribution >= 0.6 is 0 Å². The SMILES string of the molecule is CCc1c[nH]c2ncc(-c3cc4n(n3)CCC43CN(C(=O)NC(C)C)C3)cc12. The molecule has 3 aromatic heterocycles. The first-order valence-corrected chi connectivity index (χ1v) is 10.1. The zero-order valence-electron chi connectivity index (χ0n) is 16.6. The molecule has 1 saturated heterocycles. The van der Waals surface area contributed by atoms with Gasteiger partial charge in [0.25, 0.3) is 0 Å².